The molecule has 0 saturated carbocycles. The Balaban J connectivity index is 1.86. The first-order valence-electron chi connectivity index (χ1n) is 5.48. The summed E-state index contributed by atoms with van der Waals surface area (Å²) in [6.45, 7) is 0.423. The molecule has 8 heteroatoms. The minimum Gasteiger partial charge on any atom is -0.477 e. The van der Waals surface area contributed by atoms with Gasteiger partial charge in [-0.05, 0) is 12.1 Å². The predicted octanol–water partition coefficient (Wildman–Crippen LogP) is 0.400. The lowest BCUT2D eigenvalue weighted by molar-refractivity contribution is -0.116. The Labute approximate surface area is 108 Å². The number of rotatable bonds is 5. The van der Waals surface area contributed by atoms with Crippen LogP contribution in [-0.2, 0) is 11.3 Å². The molecule has 0 aliphatic rings. The van der Waals surface area contributed by atoms with Gasteiger partial charge in [0.15, 0.2) is 0 Å². The zero-order chi connectivity index (χ0) is 13.7. The highest BCUT2D eigenvalue weighted by atomic mass is 16.4. The van der Waals surface area contributed by atoms with Gasteiger partial charge in [0.25, 0.3) is 0 Å². The van der Waals surface area contributed by atoms with Crippen LogP contribution in [0.3, 0.4) is 0 Å². The molecule has 0 aliphatic carbocycles. The minimum absolute atomic E-state index is 0.0689. The molecule has 0 spiro atoms. The molecule has 0 radical (unpaired) electrons. The number of carbonyl (C=O) groups excluding carboxylic acids is 1. The van der Waals surface area contributed by atoms with Crippen molar-refractivity contribution >= 4 is 17.6 Å². The molecule has 19 heavy (non-hydrogen) atoms. The van der Waals surface area contributed by atoms with E-state index in [1.165, 1.54) is 24.5 Å². The molecule has 0 unspecified atom stereocenters. The number of pyridine rings is 1. The van der Waals surface area contributed by atoms with Crippen molar-refractivity contribution in [2.75, 3.05) is 5.32 Å². The summed E-state index contributed by atoms with van der Waals surface area (Å²) in [5, 5.41) is 18.7. The summed E-state index contributed by atoms with van der Waals surface area (Å²) in [6.07, 6.45) is 4.74. The zero-order valence-electron chi connectivity index (χ0n) is 9.85. The summed E-state index contributed by atoms with van der Waals surface area (Å²) in [4.78, 5) is 25.9. The summed E-state index contributed by atoms with van der Waals surface area (Å²) in [5.74, 6) is -1.32. The summed E-state index contributed by atoms with van der Waals surface area (Å²) in [5.41, 5.74) is 0.384. The van der Waals surface area contributed by atoms with E-state index in [1.807, 2.05) is 0 Å². The monoisotopic (exact) mass is 261 g/mol. The Hall–Kier alpha value is -2.77. The number of carbonyl (C=O) groups is 2. The number of nitrogens with one attached hydrogen (secondary N) is 1. The smallest absolute Gasteiger partial charge is 0.354 e. The molecule has 0 atom stereocenters. The molecule has 0 aliphatic heterocycles. The van der Waals surface area contributed by atoms with Crippen LogP contribution in [0.15, 0.2) is 30.7 Å². The van der Waals surface area contributed by atoms with E-state index in [4.69, 9.17) is 5.11 Å². The molecule has 2 aromatic heterocycles. The van der Waals surface area contributed by atoms with Gasteiger partial charge in [-0.3, -0.25) is 9.48 Å². The maximum Gasteiger partial charge on any atom is 0.354 e. The van der Waals surface area contributed by atoms with Gasteiger partial charge in [0.05, 0.1) is 24.6 Å². The van der Waals surface area contributed by atoms with Crippen LogP contribution in [0.25, 0.3) is 0 Å². The minimum atomic E-state index is -1.11. The van der Waals surface area contributed by atoms with E-state index in [0.717, 1.165) is 0 Å². The molecular weight excluding hydrogens is 250 g/mol. The summed E-state index contributed by atoms with van der Waals surface area (Å²) < 4.78 is 1.55. The molecule has 2 rings (SSSR count). The van der Waals surface area contributed by atoms with E-state index in [0.29, 0.717) is 12.2 Å². The average molecular weight is 261 g/mol. The molecule has 98 valence electrons. The van der Waals surface area contributed by atoms with Crippen LogP contribution in [0.4, 0.5) is 5.69 Å². The van der Waals surface area contributed by atoms with E-state index in [-0.39, 0.29) is 18.0 Å². The van der Waals surface area contributed by atoms with Crippen LogP contribution in [0, 0.1) is 0 Å². The number of amides is 1. The predicted molar refractivity (Wildman–Crippen MR) is 64.5 cm³/mol. The van der Waals surface area contributed by atoms with Gasteiger partial charge < -0.3 is 10.4 Å². The van der Waals surface area contributed by atoms with E-state index >= 15 is 0 Å². The second kappa shape index (κ2) is 5.71. The van der Waals surface area contributed by atoms with Gasteiger partial charge in [0, 0.05) is 12.6 Å². The summed E-state index contributed by atoms with van der Waals surface area (Å²) >= 11 is 0. The van der Waals surface area contributed by atoms with Crippen LogP contribution < -0.4 is 5.32 Å². The van der Waals surface area contributed by atoms with Crippen LogP contribution in [0.1, 0.15) is 16.9 Å². The van der Waals surface area contributed by atoms with Gasteiger partial charge in [-0.2, -0.15) is 0 Å². The first kappa shape index (κ1) is 12.7. The third kappa shape index (κ3) is 3.60. The number of aromatic carboxylic acids is 1. The average Bonchev–Trinajstić information content (AvgIpc) is 2.90. The van der Waals surface area contributed by atoms with E-state index in [2.05, 4.69) is 20.6 Å². The maximum atomic E-state index is 11.6. The lowest BCUT2D eigenvalue weighted by Gasteiger charge is -2.04. The molecule has 0 aromatic carbocycles. The highest BCUT2D eigenvalue weighted by Crippen LogP contribution is 2.06. The fraction of sp³-hybridized carbons (Fsp3) is 0.182. The van der Waals surface area contributed by atoms with Gasteiger partial charge in [-0.1, -0.05) is 5.21 Å². The number of carboxylic acid groups (broad SMARTS) is 1. The second-order valence-corrected chi connectivity index (χ2v) is 3.70. The van der Waals surface area contributed by atoms with Crippen molar-refractivity contribution in [2.45, 2.75) is 13.0 Å². The number of carboxylic acids is 1. The Morgan fingerprint density at radius 2 is 2.21 bits per heavy atom. The van der Waals surface area contributed by atoms with Crippen molar-refractivity contribution in [1.29, 1.82) is 0 Å². The lowest BCUT2D eigenvalue weighted by atomic mass is 10.3. The molecule has 2 N–H and O–H groups in total. The third-order valence-corrected chi connectivity index (χ3v) is 2.31. The Kier molecular flexibility index (Phi) is 3.81. The van der Waals surface area contributed by atoms with E-state index < -0.39 is 5.97 Å². The lowest BCUT2D eigenvalue weighted by Crippen LogP contribution is -2.15. The van der Waals surface area contributed by atoms with Crippen molar-refractivity contribution in [2.24, 2.45) is 0 Å². The Bertz CT molecular complexity index is 565. The highest BCUT2D eigenvalue weighted by Gasteiger charge is 2.06. The first-order valence-corrected chi connectivity index (χ1v) is 5.48. The Morgan fingerprint density at radius 1 is 1.37 bits per heavy atom. The van der Waals surface area contributed by atoms with Crippen molar-refractivity contribution in [3.05, 3.63) is 36.4 Å². The van der Waals surface area contributed by atoms with Gasteiger partial charge in [-0.15, -0.1) is 5.10 Å². The molecule has 0 saturated heterocycles. The standard InChI is InChI=1S/C11H11N5O3/c17-10(3-5-16-6-4-13-15-16)14-8-1-2-9(11(18)19)12-7-8/h1-2,4,6-7H,3,5H2,(H,14,17)(H,18,19). The summed E-state index contributed by atoms with van der Waals surface area (Å²) in [6, 6.07) is 2.82. The normalized spacial score (nSPS) is 10.1. The van der Waals surface area contributed by atoms with Crippen LogP contribution in [0.2, 0.25) is 0 Å². The van der Waals surface area contributed by atoms with Crippen molar-refractivity contribution < 1.29 is 14.7 Å². The Morgan fingerprint density at radius 3 is 2.79 bits per heavy atom. The topological polar surface area (TPSA) is 110 Å². The molecule has 0 fully saturated rings. The molecule has 2 aromatic rings. The number of hydrogen-bond acceptors (Lipinski definition) is 5. The molecule has 8 nitrogen and oxygen atoms in total. The molecule has 0 bridgehead atoms. The van der Waals surface area contributed by atoms with Crippen molar-refractivity contribution in [1.82, 2.24) is 20.0 Å². The number of aryl methyl sites for hydroxylation is 1. The van der Waals surface area contributed by atoms with Crippen molar-refractivity contribution in [3.63, 3.8) is 0 Å². The van der Waals surface area contributed by atoms with Crippen LogP contribution >= 0.6 is 0 Å². The highest BCUT2D eigenvalue weighted by molar-refractivity contribution is 5.91. The summed E-state index contributed by atoms with van der Waals surface area (Å²) in [7, 11) is 0. The number of nitrogens with zero attached hydrogens (tertiary/aromatic N) is 4. The first-order chi connectivity index (χ1) is 9.15. The number of aromatic nitrogens is 4. The van der Waals surface area contributed by atoms with E-state index in [9.17, 15) is 9.59 Å². The zero-order valence-corrected chi connectivity index (χ0v) is 9.85. The molecular formula is C11H11N5O3. The van der Waals surface area contributed by atoms with Crippen molar-refractivity contribution in [3.8, 4) is 0 Å². The fourth-order valence-corrected chi connectivity index (χ4v) is 1.39. The third-order valence-electron chi connectivity index (χ3n) is 2.31. The second-order valence-electron chi connectivity index (χ2n) is 3.70. The molecule has 1 amide bonds. The van der Waals surface area contributed by atoms with Gasteiger partial charge in [0.2, 0.25) is 5.91 Å². The largest absolute Gasteiger partial charge is 0.477 e. The van der Waals surface area contributed by atoms with Gasteiger partial charge in [-0.25, -0.2) is 9.78 Å². The quantitative estimate of drug-likeness (QED) is 0.806. The van der Waals surface area contributed by atoms with E-state index in [1.54, 1.807) is 10.9 Å². The van der Waals surface area contributed by atoms with Gasteiger partial charge >= 0.3 is 5.97 Å². The fourth-order valence-electron chi connectivity index (χ4n) is 1.39. The SMILES string of the molecule is O=C(CCn1ccnn1)Nc1ccc(C(=O)O)nc1. The van der Waals surface area contributed by atoms with Crippen LogP contribution in [0.5, 0.6) is 0 Å². The number of anilines is 1. The van der Waals surface area contributed by atoms with Crippen LogP contribution in [-0.4, -0.2) is 37.0 Å². The number of hydrogen-bond donors (Lipinski definition) is 2. The maximum absolute atomic E-state index is 11.6. The molecule has 2 heterocycles. The van der Waals surface area contributed by atoms with Gasteiger partial charge in [0.1, 0.15) is 5.69 Å².